The summed E-state index contributed by atoms with van der Waals surface area (Å²) in [4.78, 5) is 8.70. The molecule has 2 aromatic heterocycles. The van der Waals surface area contributed by atoms with Crippen LogP contribution in [-0.2, 0) is 12.8 Å². The van der Waals surface area contributed by atoms with Gasteiger partial charge in [0, 0.05) is 31.5 Å². The van der Waals surface area contributed by atoms with Crippen LogP contribution in [0.15, 0.2) is 29.5 Å². The van der Waals surface area contributed by atoms with E-state index in [4.69, 9.17) is 11.6 Å². The molecule has 0 radical (unpaired) electrons. The molecule has 2 heterocycles. The molecular weight excluding hydrogens is 451 g/mol. The highest BCUT2D eigenvalue weighted by Crippen LogP contribution is 2.06. The number of hydrogen-bond donors (Lipinski definition) is 3. The Morgan fingerprint density at radius 1 is 1.24 bits per heavy atom. The van der Waals surface area contributed by atoms with Crippen molar-refractivity contribution in [1.29, 1.82) is 0 Å². The zero-order chi connectivity index (χ0) is 17.2. The van der Waals surface area contributed by atoms with Crippen molar-refractivity contribution in [3.8, 4) is 0 Å². The quantitative estimate of drug-likeness (QED) is 0.180. The number of guanidine groups is 1. The summed E-state index contributed by atoms with van der Waals surface area (Å²) < 4.78 is 0. The number of halogens is 2. The molecule has 2 rings (SSSR count). The predicted octanol–water partition coefficient (Wildman–Crippen LogP) is 3.11. The molecule has 8 heteroatoms. The molecule has 6 nitrogen and oxygen atoms in total. The van der Waals surface area contributed by atoms with E-state index in [1.807, 2.05) is 25.3 Å². The van der Waals surface area contributed by atoms with Gasteiger partial charge in [-0.25, -0.2) is 4.98 Å². The topological polar surface area (TPSA) is 78.0 Å². The molecule has 2 aromatic rings. The van der Waals surface area contributed by atoms with Crippen molar-refractivity contribution >= 4 is 41.5 Å². The maximum absolute atomic E-state index is 5.79. The summed E-state index contributed by atoms with van der Waals surface area (Å²) in [6.07, 6.45) is 6.56. The van der Waals surface area contributed by atoms with Crippen LogP contribution in [0.25, 0.3) is 0 Å². The molecule has 0 atom stereocenters. The lowest BCUT2D eigenvalue weighted by Gasteiger charge is -2.11. The number of hydrogen-bond acceptors (Lipinski definition) is 3. The number of aryl methyl sites for hydroxylation is 2. The third-order valence-electron chi connectivity index (χ3n) is 3.65. The second-order valence-corrected chi connectivity index (χ2v) is 5.94. The highest BCUT2D eigenvalue weighted by atomic mass is 127. The van der Waals surface area contributed by atoms with E-state index in [9.17, 15) is 0 Å². The average Bonchev–Trinajstić information content (AvgIpc) is 2.98. The first-order valence-corrected chi connectivity index (χ1v) is 8.68. The Hall–Kier alpha value is -1.35. The van der Waals surface area contributed by atoms with Crippen LogP contribution in [0.4, 0.5) is 0 Å². The maximum atomic E-state index is 5.79. The van der Waals surface area contributed by atoms with Gasteiger partial charge in [-0.15, -0.1) is 24.0 Å². The molecule has 0 aliphatic rings. The van der Waals surface area contributed by atoms with Gasteiger partial charge in [-0.3, -0.25) is 10.1 Å². The fourth-order valence-electron chi connectivity index (χ4n) is 2.31. The number of aliphatic imine (C=N–C) groups is 1. The van der Waals surface area contributed by atoms with Crippen molar-refractivity contribution in [2.24, 2.45) is 4.99 Å². The van der Waals surface area contributed by atoms with E-state index >= 15 is 0 Å². The molecule has 0 fully saturated rings. The average molecular weight is 477 g/mol. The van der Waals surface area contributed by atoms with E-state index in [2.05, 4.69) is 37.7 Å². The second-order valence-electron chi connectivity index (χ2n) is 5.55. The Bertz CT molecular complexity index is 641. The molecule has 0 saturated heterocycles. The minimum absolute atomic E-state index is 0. The lowest BCUT2D eigenvalue weighted by atomic mass is 10.1. The normalized spacial score (nSPS) is 11.1. The van der Waals surface area contributed by atoms with Gasteiger partial charge in [-0.05, 0) is 50.3 Å². The summed E-state index contributed by atoms with van der Waals surface area (Å²) in [7, 11) is 0. The SMILES string of the molecule is CCNC(=NCCCc1cn[nH]c1C)NCCc1ccc(Cl)nc1.I. The van der Waals surface area contributed by atoms with Crippen LogP contribution in [0.5, 0.6) is 0 Å². The summed E-state index contributed by atoms with van der Waals surface area (Å²) in [6.45, 7) is 6.53. The number of nitrogens with zero attached hydrogens (tertiary/aromatic N) is 3. The lowest BCUT2D eigenvalue weighted by Crippen LogP contribution is -2.38. The van der Waals surface area contributed by atoms with Crippen molar-refractivity contribution in [3.63, 3.8) is 0 Å². The zero-order valence-corrected chi connectivity index (χ0v) is 17.8. The van der Waals surface area contributed by atoms with Crippen molar-refractivity contribution < 1.29 is 0 Å². The van der Waals surface area contributed by atoms with Gasteiger partial charge in [0.1, 0.15) is 5.15 Å². The second kappa shape index (κ2) is 12.1. The minimum atomic E-state index is 0. The highest BCUT2D eigenvalue weighted by molar-refractivity contribution is 14.0. The van der Waals surface area contributed by atoms with Crippen molar-refractivity contribution in [2.45, 2.75) is 33.1 Å². The number of nitrogens with one attached hydrogen (secondary N) is 3. The zero-order valence-electron chi connectivity index (χ0n) is 14.7. The summed E-state index contributed by atoms with van der Waals surface area (Å²) >= 11 is 5.79. The highest BCUT2D eigenvalue weighted by Gasteiger charge is 2.01. The first-order chi connectivity index (χ1) is 11.7. The molecule has 0 spiro atoms. The van der Waals surface area contributed by atoms with Gasteiger partial charge in [0.05, 0.1) is 6.20 Å². The minimum Gasteiger partial charge on any atom is -0.357 e. The molecule has 138 valence electrons. The number of pyridine rings is 1. The van der Waals surface area contributed by atoms with Gasteiger partial charge in [0.2, 0.25) is 0 Å². The number of aromatic amines is 1. The fourth-order valence-corrected chi connectivity index (χ4v) is 2.42. The van der Waals surface area contributed by atoms with E-state index < -0.39 is 0 Å². The molecule has 3 N–H and O–H groups in total. The number of rotatable bonds is 8. The van der Waals surface area contributed by atoms with Crippen molar-refractivity contribution in [1.82, 2.24) is 25.8 Å². The summed E-state index contributed by atoms with van der Waals surface area (Å²) in [6, 6.07) is 3.81. The Morgan fingerprint density at radius 2 is 2.08 bits per heavy atom. The molecular formula is C17H26ClIN6. The standard InChI is InChI=1S/C17H25ClN6.HI/c1-3-19-17(20-9-4-5-15-12-23-24-13(15)2)21-10-8-14-6-7-16(18)22-11-14;/h6-7,11-12H,3-5,8-10H2,1-2H3,(H,23,24)(H2,19,20,21);1H. The van der Waals surface area contributed by atoms with E-state index in [1.165, 1.54) is 5.56 Å². The first-order valence-electron chi connectivity index (χ1n) is 8.30. The summed E-state index contributed by atoms with van der Waals surface area (Å²) in [5, 5.41) is 14.1. The van der Waals surface area contributed by atoms with Crippen LogP contribution < -0.4 is 10.6 Å². The van der Waals surface area contributed by atoms with E-state index in [0.717, 1.165) is 56.1 Å². The molecule has 0 aliphatic carbocycles. The van der Waals surface area contributed by atoms with Crippen LogP contribution in [-0.4, -0.2) is 40.8 Å². The van der Waals surface area contributed by atoms with Gasteiger partial charge < -0.3 is 10.6 Å². The van der Waals surface area contributed by atoms with Gasteiger partial charge in [-0.1, -0.05) is 17.7 Å². The Labute approximate surface area is 171 Å². The van der Waals surface area contributed by atoms with Crippen LogP contribution >= 0.6 is 35.6 Å². The van der Waals surface area contributed by atoms with E-state index in [-0.39, 0.29) is 24.0 Å². The van der Waals surface area contributed by atoms with Gasteiger partial charge in [-0.2, -0.15) is 5.10 Å². The van der Waals surface area contributed by atoms with Gasteiger partial charge in [0.15, 0.2) is 5.96 Å². The van der Waals surface area contributed by atoms with Gasteiger partial charge in [0.25, 0.3) is 0 Å². The Morgan fingerprint density at radius 3 is 2.72 bits per heavy atom. The van der Waals surface area contributed by atoms with Crippen molar-refractivity contribution in [2.75, 3.05) is 19.6 Å². The Kier molecular flexibility index (Phi) is 10.5. The van der Waals surface area contributed by atoms with Crippen LogP contribution in [0, 0.1) is 6.92 Å². The molecule has 0 aromatic carbocycles. The molecule has 0 bridgehead atoms. The van der Waals surface area contributed by atoms with E-state index in [0.29, 0.717) is 5.15 Å². The number of H-pyrrole nitrogens is 1. The molecule has 25 heavy (non-hydrogen) atoms. The van der Waals surface area contributed by atoms with Crippen LogP contribution in [0.2, 0.25) is 5.15 Å². The third kappa shape index (κ3) is 8.04. The summed E-state index contributed by atoms with van der Waals surface area (Å²) in [5.41, 5.74) is 3.55. The lowest BCUT2D eigenvalue weighted by molar-refractivity contribution is 0.775. The van der Waals surface area contributed by atoms with Gasteiger partial charge >= 0.3 is 0 Å². The van der Waals surface area contributed by atoms with Crippen LogP contribution in [0.1, 0.15) is 30.2 Å². The molecule has 0 saturated carbocycles. The molecule has 0 amide bonds. The summed E-state index contributed by atoms with van der Waals surface area (Å²) in [5.74, 6) is 0.850. The third-order valence-corrected chi connectivity index (χ3v) is 3.87. The smallest absolute Gasteiger partial charge is 0.191 e. The predicted molar refractivity (Wildman–Crippen MR) is 114 cm³/mol. The first kappa shape index (κ1) is 21.7. The van der Waals surface area contributed by atoms with Crippen LogP contribution in [0.3, 0.4) is 0 Å². The fraction of sp³-hybridized carbons (Fsp3) is 0.471. The van der Waals surface area contributed by atoms with Crippen molar-refractivity contribution in [3.05, 3.63) is 46.5 Å². The molecule has 0 aliphatic heterocycles. The van der Waals surface area contributed by atoms with E-state index in [1.54, 1.807) is 6.20 Å². The molecule has 0 unspecified atom stereocenters. The number of aromatic nitrogens is 3. The Balaban J connectivity index is 0.00000312. The monoisotopic (exact) mass is 476 g/mol. The maximum Gasteiger partial charge on any atom is 0.191 e. The largest absolute Gasteiger partial charge is 0.357 e.